The molecule has 1 aliphatic heterocycles. The second-order valence-corrected chi connectivity index (χ2v) is 5.21. The number of rotatable bonds is 4. The van der Waals surface area contributed by atoms with Gasteiger partial charge < -0.3 is 9.84 Å². The van der Waals surface area contributed by atoms with E-state index in [1.807, 2.05) is 0 Å². The molecule has 1 aromatic carbocycles. The molecule has 1 saturated heterocycles. The monoisotopic (exact) mass is 288 g/mol. The highest BCUT2D eigenvalue weighted by Gasteiger charge is 2.18. The molecule has 21 heavy (non-hydrogen) atoms. The van der Waals surface area contributed by atoms with Crippen molar-refractivity contribution in [3.8, 4) is 11.4 Å². The van der Waals surface area contributed by atoms with Crippen molar-refractivity contribution in [2.75, 3.05) is 13.1 Å². The quantitative estimate of drug-likeness (QED) is 0.684. The van der Waals surface area contributed by atoms with Crippen LogP contribution in [-0.4, -0.2) is 28.2 Å². The molecule has 0 unspecified atom stereocenters. The Morgan fingerprint density at radius 2 is 2.00 bits per heavy atom. The van der Waals surface area contributed by atoms with E-state index < -0.39 is 4.92 Å². The highest BCUT2D eigenvalue weighted by atomic mass is 16.6. The van der Waals surface area contributed by atoms with Gasteiger partial charge in [-0.3, -0.25) is 10.1 Å². The Hall–Kier alpha value is -2.28. The first-order chi connectivity index (χ1) is 10.2. The zero-order chi connectivity index (χ0) is 14.7. The number of hydrogen-bond acceptors (Lipinski definition) is 6. The van der Waals surface area contributed by atoms with Gasteiger partial charge in [0.25, 0.3) is 5.69 Å². The van der Waals surface area contributed by atoms with Gasteiger partial charge in [-0.1, -0.05) is 5.16 Å². The number of hydrogen-bond donors (Lipinski definition) is 1. The minimum Gasteiger partial charge on any atom is -0.339 e. The highest BCUT2D eigenvalue weighted by Crippen LogP contribution is 2.22. The van der Waals surface area contributed by atoms with Crippen molar-refractivity contribution in [1.29, 1.82) is 0 Å². The Balaban J connectivity index is 1.70. The maximum Gasteiger partial charge on any atom is 0.269 e. The average molecular weight is 288 g/mol. The molecule has 0 saturated carbocycles. The van der Waals surface area contributed by atoms with E-state index in [9.17, 15) is 10.1 Å². The van der Waals surface area contributed by atoms with Crippen LogP contribution in [-0.2, 0) is 6.42 Å². The molecule has 0 amide bonds. The van der Waals surface area contributed by atoms with Crippen LogP contribution in [0.5, 0.6) is 0 Å². The van der Waals surface area contributed by atoms with E-state index in [1.165, 1.54) is 12.1 Å². The standard InChI is InChI=1S/C14H16N4O3/c19-18(20)12-3-1-11(2-4-12)14-16-13(21-17-14)9-10-5-7-15-8-6-10/h1-4,10,15H,5-9H2. The van der Waals surface area contributed by atoms with Gasteiger partial charge in [0.15, 0.2) is 0 Å². The van der Waals surface area contributed by atoms with E-state index in [0.29, 0.717) is 17.6 Å². The van der Waals surface area contributed by atoms with Crippen LogP contribution >= 0.6 is 0 Å². The summed E-state index contributed by atoms with van der Waals surface area (Å²) >= 11 is 0. The Bertz CT molecular complexity index is 617. The van der Waals surface area contributed by atoms with E-state index in [1.54, 1.807) is 12.1 Å². The summed E-state index contributed by atoms with van der Waals surface area (Å²) in [5.41, 5.74) is 0.776. The summed E-state index contributed by atoms with van der Waals surface area (Å²) in [6.45, 7) is 2.07. The van der Waals surface area contributed by atoms with Crippen molar-refractivity contribution >= 4 is 5.69 Å². The summed E-state index contributed by atoms with van der Waals surface area (Å²) in [4.78, 5) is 14.6. The van der Waals surface area contributed by atoms with E-state index in [2.05, 4.69) is 15.5 Å². The molecule has 0 radical (unpaired) electrons. The van der Waals surface area contributed by atoms with Crippen LogP contribution < -0.4 is 5.32 Å². The van der Waals surface area contributed by atoms with Crippen LogP contribution in [0.25, 0.3) is 11.4 Å². The number of nitro groups is 1. The SMILES string of the molecule is O=[N+]([O-])c1ccc(-c2noc(CC3CCNCC3)n2)cc1. The molecule has 0 atom stereocenters. The summed E-state index contributed by atoms with van der Waals surface area (Å²) in [6, 6.07) is 6.16. The first-order valence-corrected chi connectivity index (χ1v) is 7.00. The van der Waals surface area contributed by atoms with Gasteiger partial charge in [-0.2, -0.15) is 4.98 Å². The third-order valence-electron chi connectivity index (χ3n) is 3.73. The van der Waals surface area contributed by atoms with Crippen LogP contribution in [0.15, 0.2) is 28.8 Å². The number of aromatic nitrogens is 2. The van der Waals surface area contributed by atoms with Crippen LogP contribution in [0.3, 0.4) is 0 Å². The van der Waals surface area contributed by atoms with Gasteiger partial charge in [0, 0.05) is 24.1 Å². The molecular weight excluding hydrogens is 272 g/mol. The van der Waals surface area contributed by atoms with Crippen molar-refractivity contribution in [2.45, 2.75) is 19.3 Å². The molecule has 7 heteroatoms. The van der Waals surface area contributed by atoms with Crippen LogP contribution in [0.2, 0.25) is 0 Å². The molecule has 1 aliphatic rings. The fourth-order valence-corrected chi connectivity index (χ4v) is 2.52. The lowest BCUT2D eigenvalue weighted by molar-refractivity contribution is -0.384. The molecule has 7 nitrogen and oxygen atoms in total. The topological polar surface area (TPSA) is 94.1 Å². The zero-order valence-corrected chi connectivity index (χ0v) is 11.5. The molecular formula is C14H16N4O3. The lowest BCUT2D eigenvalue weighted by Crippen LogP contribution is -2.28. The molecule has 2 heterocycles. The van der Waals surface area contributed by atoms with E-state index in [-0.39, 0.29) is 5.69 Å². The van der Waals surface area contributed by atoms with Gasteiger partial charge in [0.05, 0.1) is 4.92 Å². The molecule has 1 fully saturated rings. The molecule has 0 aliphatic carbocycles. The van der Waals surface area contributed by atoms with E-state index in [4.69, 9.17) is 4.52 Å². The third-order valence-corrected chi connectivity index (χ3v) is 3.73. The van der Waals surface area contributed by atoms with Crippen molar-refractivity contribution < 1.29 is 9.45 Å². The maximum atomic E-state index is 10.6. The normalized spacial score (nSPS) is 16.0. The first kappa shape index (κ1) is 13.7. The second-order valence-electron chi connectivity index (χ2n) is 5.21. The fraction of sp³-hybridized carbons (Fsp3) is 0.429. The van der Waals surface area contributed by atoms with Crippen LogP contribution in [0, 0.1) is 16.0 Å². The molecule has 3 rings (SSSR count). The van der Waals surface area contributed by atoms with Crippen molar-refractivity contribution in [2.24, 2.45) is 5.92 Å². The lowest BCUT2D eigenvalue weighted by Gasteiger charge is -2.20. The number of benzene rings is 1. The average Bonchev–Trinajstić information content (AvgIpc) is 2.97. The maximum absolute atomic E-state index is 10.6. The van der Waals surface area contributed by atoms with Gasteiger partial charge >= 0.3 is 0 Å². The smallest absolute Gasteiger partial charge is 0.269 e. The Kier molecular flexibility index (Phi) is 3.92. The van der Waals surface area contributed by atoms with E-state index in [0.717, 1.165) is 37.9 Å². The number of non-ortho nitro benzene ring substituents is 1. The summed E-state index contributed by atoms with van der Waals surface area (Å²) in [6.07, 6.45) is 3.03. The number of nitrogens with zero attached hydrogens (tertiary/aromatic N) is 3. The molecule has 2 aromatic rings. The van der Waals surface area contributed by atoms with Gasteiger partial charge in [-0.05, 0) is 44.0 Å². The number of piperidine rings is 1. The third kappa shape index (κ3) is 3.25. The molecule has 0 bridgehead atoms. The highest BCUT2D eigenvalue weighted by molar-refractivity contribution is 5.56. The Morgan fingerprint density at radius 3 is 2.67 bits per heavy atom. The predicted molar refractivity (Wildman–Crippen MR) is 75.7 cm³/mol. The summed E-state index contributed by atoms with van der Waals surface area (Å²) < 4.78 is 5.28. The summed E-state index contributed by atoms with van der Waals surface area (Å²) in [5, 5.41) is 17.9. The summed E-state index contributed by atoms with van der Waals surface area (Å²) in [7, 11) is 0. The van der Waals surface area contributed by atoms with Gasteiger partial charge in [0.2, 0.25) is 11.7 Å². The summed E-state index contributed by atoms with van der Waals surface area (Å²) in [5.74, 6) is 1.69. The Labute approximate surface area is 121 Å². The Morgan fingerprint density at radius 1 is 1.29 bits per heavy atom. The predicted octanol–water partition coefficient (Wildman–Crippen LogP) is 2.19. The lowest BCUT2D eigenvalue weighted by atomic mass is 9.95. The molecule has 1 aromatic heterocycles. The minimum atomic E-state index is -0.428. The number of nitrogens with one attached hydrogen (secondary N) is 1. The molecule has 0 spiro atoms. The number of nitro benzene ring substituents is 1. The van der Waals surface area contributed by atoms with E-state index >= 15 is 0 Å². The van der Waals surface area contributed by atoms with Crippen LogP contribution in [0.1, 0.15) is 18.7 Å². The zero-order valence-electron chi connectivity index (χ0n) is 11.5. The van der Waals surface area contributed by atoms with Crippen molar-refractivity contribution in [3.05, 3.63) is 40.3 Å². The first-order valence-electron chi connectivity index (χ1n) is 7.00. The molecule has 110 valence electrons. The van der Waals surface area contributed by atoms with Gasteiger partial charge in [-0.15, -0.1) is 0 Å². The largest absolute Gasteiger partial charge is 0.339 e. The van der Waals surface area contributed by atoms with Gasteiger partial charge in [0.1, 0.15) is 0 Å². The van der Waals surface area contributed by atoms with Crippen molar-refractivity contribution in [3.63, 3.8) is 0 Å². The van der Waals surface area contributed by atoms with Gasteiger partial charge in [-0.25, -0.2) is 0 Å². The minimum absolute atomic E-state index is 0.0529. The fourth-order valence-electron chi connectivity index (χ4n) is 2.52. The molecule has 1 N–H and O–H groups in total. The van der Waals surface area contributed by atoms with Crippen molar-refractivity contribution in [1.82, 2.24) is 15.5 Å². The van der Waals surface area contributed by atoms with Crippen LogP contribution in [0.4, 0.5) is 5.69 Å². The second kappa shape index (κ2) is 6.01.